The molecule has 5 atom stereocenters. The fraction of sp³-hybridized carbons (Fsp3) is 0.500. The van der Waals surface area contributed by atoms with Crippen molar-refractivity contribution in [1.82, 2.24) is 0 Å². The van der Waals surface area contributed by atoms with Crippen molar-refractivity contribution < 1.29 is 49.3 Å². The zero-order chi connectivity index (χ0) is 19.4. The summed E-state index contributed by atoms with van der Waals surface area (Å²) in [6.45, 7) is 0. The number of aliphatic hydroxyl groups is 3. The van der Waals surface area contributed by atoms with Crippen molar-refractivity contribution in [3.63, 3.8) is 0 Å². The molecule has 0 spiro atoms. The fourth-order valence-corrected chi connectivity index (χ4v) is 2.49. The van der Waals surface area contributed by atoms with Crippen LogP contribution in [0.25, 0.3) is 0 Å². The molecule has 1 fully saturated rings. The molecule has 5 N–H and O–H groups in total. The predicted octanol–water partition coefficient (Wildman–Crippen LogP) is -1.02. The first-order valence-electron chi connectivity index (χ1n) is 7.72. The highest BCUT2D eigenvalue weighted by molar-refractivity contribution is 5.73. The number of hydrogen-bond donors (Lipinski definition) is 5. The Bertz CT molecular complexity index is 660. The van der Waals surface area contributed by atoms with Gasteiger partial charge in [-0.2, -0.15) is 0 Å². The van der Waals surface area contributed by atoms with Crippen LogP contribution in [0.15, 0.2) is 18.2 Å². The van der Waals surface area contributed by atoms with Crippen LogP contribution in [-0.2, 0) is 20.7 Å². The summed E-state index contributed by atoms with van der Waals surface area (Å²) in [5.41, 5.74) is 0.667. The van der Waals surface area contributed by atoms with Crippen LogP contribution in [0, 0.1) is 0 Å². The number of ether oxygens (including phenoxy) is 3. The SMILES string of the molecule is COc1cc(CCC(=O)O)ccc1O[C@@H]1O[C@H](C(=O)O)[C@@H](O)[C@H](O)[C@H]1O. The van der Waals surface area contributed by atoms with Gasteiger partial charge in [-0.05, 0) is 24.1 Å². The largest absolute Gasteiger partial charge is 0.493 e. The number of methoxy groups -OCH3 is 1. The minimum absolute atomic E-state index is 0.0712. The van der Waals surface area contributed by atoms with Gasteiger partial charge >= 0.3 is 11.9 Å². The molecule has 0 bridgehead atoms. The van der Waals surface area contributed by atoms with E-state index >= 15 is 0 Å². The molecule has 1 saturated heterocycles. The Labute approximate surface area is 148 Å². The Morgan fingerprint density at radius 2 is 1.77 bits per heavy atom. The number of carbonyl (C=O) groups is 2. The summed E-state index contributed by atoms with van der Waals surface area (Å²) in [7, 11) is 1.35. The minimum atomic E-state index is -1.82. The standard InChI is InChI=1S/C16H20O10/c1-24-9-6-7(3-5-10(17)18)2-4-8(9)25-16-13(21)11(19)12(20)14(26-16)15(22)23/h2,4,6,11-14,16,19-21H,3,5H2,1H3,(H,17,18)(H,22,23)/t11-,12-,13+,14-,16+/m0/s1. The Morgan fingerprint density at radius 3 is 2.35 bits per heavy atom. The number of benzene rings is 1. The second-order valence-corrected chi connectivity index (χ2v) is 5.73. The lowest BCUT2D eigenvalue weighted by molar-refractivity contribution is -0.271. The van der Waals surface area contributed by atoms with Crippen LogP contribution in [0.4, 0.5) is 0 Å². The molecular formula is C16H20O10. The lowest BCUT2D eigenvalue weighted by Crippen LogP contribution is -2.61. The van der Waals surface area contributed by atoms with E-state index in [1.165, 1.54) is 19.2 Å². The first kappa shape index (κ1) is 19.9. The van der Waals surface area contributed by atoms with Gasteiger partial charge in [-0.25, -0.2) is 4.79 Å². The Morgan fingerprint density at radius 1 is 1.08 bits per heavy atom. The van der Waals surface area contributed by atoms with E-state index in [0.717, 1.165) is 0 Å². The summed E-state index contributed by atoms with van der Waals surface area (Å²) in [6.07, 6.45) is -8.44. The average Bonchev–Trinajstić information content (AvgIpc) is 2.60. The highest BCUT2D eigenvalue weighted by atomic mass is 16.7. The van der Waals surface area contributed by atoms with Crippen LogP contribution in [0.1, 0.15) is 12.0 Å². The van der Waals surface area contributed by atoms with Crippen LogP contribution >= 0.6 is 0 Å². The van der Waals surface area contributed by atoms with Gasteiger partial charge in [-0.15, -0.1) is 0 Å². The second kappa shape index (κ2) is 8.32. The third kappa shape index (κ3) is 4.41. The van der Waals surface area contributed by atoms with Gasteiger partial charge in [0.15, 0.2) is 17.6 Å². The third-order valence-electron chi connectivity index (χ3n) is 3.91. The van der Waals surface area contributed by atoms with Crippen molar-refractivity contribution in [3.8, 4) is 11.5 Å². The van der Waals surface area contributed by atoms with Crippen molar-refractivity contribution in [2.75, 3.05) is 7.11 Å². The van der Waals surface area contributed by atoms with Gasteiger partial charge in [-0.3, -0.25) is 4.79 Å². The first-order chi connectivity index (χ1) is 12.2. The monoisotopic (exact) mass is 372 g/mol. The van der Waals surface area contributed by atoms with E-state index in [0.29, 0.717) is 5.56 Å². The zero-order valence-corrected chi connectivity index (χ0v) is 13.8. The summed E-state index contributed by atoms with van der Waals surface area (Å²) in [5, 5.41) is 47.2. The van der Waals surface area contributed by atoms with E-state index in [2.05, 4.69) is 0 Å². The number of aryl methyl sites for hydroxylation is 1. The molecule has 1 aliphatic rings. The minimum Gasteiger partial charge on any atom is -0.493 e. The van der Waals surface area contributed by atoms with Gasteiger partial charge in [0.25, 0.3) is 0 Å². The molecule has 2 rings (SSSR count). The van der Waals surface area contributed by atoms with Gasteiger partial charge in [0, 0.05) is 6.42 Å². The molecule has 0 saturated carbocycles. The summed E-state index contributed by atoms with van der Waals surface area (Å²) < 4.78 is 15.6. The smallest absolute Gasteiger partial charge is 0.335 e. The van der Waals surface area contributed by atoms with Crippen LogP contribution in [0.2, 0.25) is 0 Å². The summed E-state index contributed by atoms with van der Waals surface area (Å²) >= 11 is 0. The zero-order valence-electron chi connectivity index (χ0n) is 13.8. The molecule has 0 aromatic heterocycles. The van der Waals surface area contributed by atoms with Gasteiger partial charge in [-0.1, -0.05) is 6.07 Å². The predicted molar refractivity (Wildman–Crippen MR) is 83.9 cm³/mol. The quantitative estimate of drug-likeness (QED) is 0.400. The second-order valence-electron chi connectivity index (χ2n) is 5.73. The number of hydrogen-bond acceptors (Lipinski definition) is 8. The van der Waals surface area contributed by atoms with E-state index in [-0.39, 0.29) is 24.3 Å². The van der Waals surface area contributed by atoms with Crippen LogP contribution in [0.3, 0.4) is 0 Å². The van der Waals surface area contributed by atoms with E-state index < -0.39 is 42.6 Å². The van der Waals surface area contributed by atoms with Gasteiger partial charge in [0.05, 0.1) is 7.11 Å². The van der Waals surface area contributed by atoms with Gasteiger partial charge < -0.3 is 39.7 Å². The molecule has 0 radical (unpaired) electrons. The molecule has 1 aromatic rings. The highest BCUT2D eigenvalue weighted by Gasteiger charge is 2.48. The summed E-state index contributed by atoms with van der Waals surface area (Å²) in [5.74, 6) is -2.18. The van der Waals surface area contributed by atoms with Gasteiger partial charge in [0.2, 0.25) is 6.29 Å². The number of carboxylic acid groups (broad SMARTS) is 2. The molecule has 0 unspecified atom stereocenters. The number of carboxylic acids is 2. The molecule has 0 aliphatic carbocycles. The van der Waals surface area contributed by atoms with Gasteiger partial charge in [0.1, 0.15) is 18.3 Å². The highest BCUT2D eigenvalue weighted by Crippen LogP contribution is 2.32. The maximum atomic E-state index is 11.1. The lowest BCUT2D eigenvalue weighted by Gasteiger charge is -2.38. The normalized spacial score (nSPS) is 28.4. The Balaban J connectivity index is 2.18. The molecule has 1 aromatic carbocycles. The topological polar surface area (TPSA) is 163 Å². The number of aliphatic hydroxyl groups excluding tert-OH is 3. The van der Waals surface area contributed by atoms with Crippen molar-refractivity contribution in [2.24, 2.45) is 0 Å². The van der Waals surface area contributed by atoms with E-state index in [4.69, 9.17) is 24.4 Å². The van der Waals surface area contributed by atoms with E-state index in [1.807, 2.05) is 0 Å². The van der Waals surface area contributed by atoms with Crippen molar-refractivity contribution >= 4 is 11.9 Å². The molecule has 1 heterocycles. The van der Waals surface area contributed by atoms with Crippen molar-refractivity contribution in [1.29, 1.82) is 0 Å². The average molecular weight is 372 g/mol. The summed E-state index contributed by atoms with van der Waals surface area (Å²) in [4.78, 5) is 21.7. The summed E-state index contributed by atoms with van der Waals surface area (Å²) in [6, 6.07) is 4.56. The molecule has 1 aliphatic heterocycles. The van der Waals surface area contributed by atoms with Crippen molar-refractivity contribution in [3.05, 3.63) is 23.8 Å². The Kier molecular flexibility index (Phi) is 6.37. The maximum Gasteiger partial charge on any atom is 0.335 e. The molecule has 10 heteroatoms. The Hall–Kier alpha value is -2.40. The lowest BCUT2D eigenvalue weighted by atomic mass is 9.99. The number of rotatable bonds is 7. The van der Waals surface area contributed by atoms with E-state index in [1.54, 1.807) is 6.07 Å². The van der Waals surface area contributed by atoms with Crippen LogP contribution < -0.4 is 9.47 Å². The third-order valence-corrected chi connectivity index (χ3v) is 3.91. The van der Waals surface area contributed by atoms with Crippen molar-refractivity contribution in [2.45, 2.75) is 43.5 Å². The van der Waals surface area contributed by atoms with E-state index in [9.17, 15) is 24.9 Å². The first-order valence-corrected chi connectivity index (χ1v) is 7.72. The molecular weight excluding hydrogens is 352 g/mol. The fourth-order valence-electron chi connectivity index (χ4n) is 2.49. The molecule has 0 amide bonds. The van der Waals surface area contributed by atoms with Crippen LogP contribution in [-0.4, -0.2) is 75.3 Å². The number of aliphatic carboxylic acids is 2. The molecule has 26 heavy (non-hydrogen) atoms. The molecule has 144 valence electrons. The van der Waals surface area contributed by atoms with Crippen LogP contribution in [0.5, 0.6) is 11.5 Å². The maximum absolute atomic E-state index is 11.1. The molecule has 10 nitrogen and oxygen atoms in total.